The van der Waals surface area contributed by atoms with E-state index in [4.69, 9.17) is 4.74 Å². The highest BCUT2D eigenvalue weighted by Crippen LogP contribution is 2.40. The van der Waals surface area contributed by atoms with Crippen LogP contribution in [-0.4, -0.2) is 23.2 Å². The van der Waals surface area contributed by atoms with Crippen molar-refractivity contribution >= 4 is 29.9 Å². The van der Waals surface area contributed by atoms with Crippen molar-refractivity contribution in [3.05, 3.63) is 59.6 Å². The molecule has 0 aliphatic heterocycles. The molecule has 0 amide bonds. The van der Waals surface area contributed by atoms with Gasteiger partial charge >= 0.3 is 5.97 Å². The Morgan fingerprint density at radius 2 is 1.79 bits per heavy atom. The molecule has 0 aliphatic rings. The second-order valence-electron chi connectivity index (χ2n) is 5.07. The van der Waals surface area contributed by atoms with Gasteiger partial charge in [0.15, 0.2) is 5.25 Å². The summed E-state index contributed by atoms with van der Waals surface area (Å²) in [5.74, 6) is -0.240. The average molecular weight is 357 g/mol. The van der Waals surface area contributed by atoms with Crippen LogP contribution in [0.1, 0.15) is 10.3 Å². The molecule has 1 aromatic heterocycles. The molecule has 0 fully saturated rings. The second-order valence-corrected chi connectivity index (χ2v) is 6.61. The fourth-order valence-electron chi connectivity index (χ4n) is 2.29. The van der Waals surface area contributed by atoms with E-state index in [-0.39, 0.29) is 0 Å². The van der Waals surface area contributed by atoms with Crippen LogP contribution in [0.4, 0.5) is 0 Å². The third-order valence-electron chi connectivity index (χ3n) is 3.51. The molecule has 1 unspecified atom stereocenters. The zero-order chi connectivity index (χ0) is 17.1. The van der Waals surface area contributed by atoms with Crippen LogP contribution in [0.25, 0.3) is 21.7 Å². The van der Waals surface area contributed by atoms with Crippen molar-refractivity contribution < 1.29 is 14.6 Å². The van der Waals surface area contributed by atoms with Gasteiger partial charge in [-0.15, -0.1) is 11.3 Å². The quantitative estimate of drug-likeness (QED) is 0.658. The number of hydrogen-bond donors (Lipinski definition) is 2. The number of aromatic nitrogens is 1. The van der Waals surface area contributed by atoms with E-state index in [1.54, 1.807) is 7.11 Å². The van der Waals surface area contributed by atoms with E-state index < -0.39 is 11.2 Å². The third-order valence-corrected chi connectivity index (χ3v) is 5.32. The second kappa shape index (κ2) is 7.07. The summed E-state index contributed by atoms with van der Waals surface area (Å²) in [7, 11) is 1.62. The first-order chi connectivity index (χ1) is 11.6. The Hall–Kier alpha value is -2.31. The number of benzene rings is 2. The lowest BCUT2D eigenvalue weighted by molar-refractivity contribution is -0.136. The predicted molar refractivity (Wildman–Crippen MR) is 98.9 cm³/mol. The number of carboxylic acids is 1. The number of aliphatic carboxylic acids is 1. The molecule has 4 nitrogen and oxygen atoms in total. The Balaban J connectivity index is 2.13. The Bertz CT molecular complexity index is 844. The Morgan fingerprint density at radius 1 is 1.12 bits per heavy atom. The minimum atomic E-state index is -1.01. The summed E-state index contributed by atoms with van der Waals surface area (Å²) >= 11 is 5.51. The highest BCUT2D eigenvalue weighted by Gasteiger charge is 2.23. The molecule has 1 heterocycles. The van der Waals surface area contributed by atoms with Gasteiger partial charge in [0.25, 0.3) is 0 Å². The lowest BCUT2D eigenvalue weighted by Gasteiger charge is -2.04. The first kappa shape index (κ1) is 16.5. The first-order valence-corrected chi connectivity index (χ1v) is 8.55. The van der Waals surface area contributed by atoms with Crippen LogP contribution in [0.3, 0.4) is 0 Å². The van der Waals surface area contributed by atoms with Crippen LogP contribution in [0.5, 0.6) is 5.75 Å². The fraction of sp³-hybridized carbons (Fsp3) is 0.111. The molecular weight excluding hydrogens is 342 g/mol. The molecule has 0 spiro atoms. The zero-order valence-electron chi connectivity index (χ0n) is 12.8. The number of thiazole rings is 1. The van der Waals surface area contributed by atoms with Crippen molar-refractivity contribution in [1.82, 2.24) is 4.98 Å². The molecule has 24 heavy (non-hydrogen) atoms. The first-order valence-electron chi connectivity index (χ1n) is 7.21. The molecule has 0 saturated carbocycles. The molecule has 1 atom stereocenters. The highest BCUT2D eigenvalue weighted by molar-refractivity contribution is 7.81. The SMILES string of the molecule is COc1ccc(-c2sc(C(S)C(=O)O)nc2-c2ccccc2)cc1. The maximum absolute atomic E-state index is 11.3. The van der Waals surface area contributed by atoms with E-state index in [0.717, 1.165) is 27.4 Å². The molecule has 3 rings (SSSR count). The Morgan fingerprint density at radius 3 is 2.38 bits per heavy atom. The van der Waals surface area contributed by atoms with Gasteiger partial charge in [0.1, 0.15) is 10.8 Å². The number of carbonyl (C=O) groups is 1. The van der Waals surface area contributed by atoms with E-state index in [1.807, 2.05) is 54.6 Å². The molecule has 1 N–H and O–H groups in total. The molecular formula is C18H15NO3S2. The molecule has 6 heteroatoms. The van der Waals surface area contributed by atoms with Gasteiger partial charge in [0, 0.05) is 5.56 Å². The maximum atomic E-state index is 11.3. The van der Waals surface area contributed by atoms with E-state index in [2.05, 4.69) is 17.6 Å². The Labute approximate surface area is 149 Å². The topological polar surface area (TPSA) is 59.4 Å². The van der Waals surface area contributed by atoms with Gasteiger partial charge in [-0.25, -0.2) is 4.98 Å². The fourth-order valence-corrected chi connectivity index (χ4v) is 3.58. The number of ether oxygens (including phenoxy) is 1. The van der Waals surface area contributed by atoms with E-state index in [0.29, 0.717) is 5.01 Å². The van der Waals surface area contributed by atoms with Gasteiger partial charge in [0.2, 0.25) is 0 Å². The smallest absolute Gasteiger partial charge is 0.323 e. The summed E-state index contributed by atoms with van der Waals surface area (Å²) in [6, 6.07) is 17.3. The van der Waals surface area contributed by atoms with Crippen LogP contribution >= 0.6 is 24.0 Å². The van der Waals surface area contributed by atoms with Crippen molar-refractivity contribution in [3.8, 4) is 27.4 Å². The Kier molecular flexibility index (Phi) is 4.87. The number of nitrogens with zero attached hydrogens (tertiary/aromatic N) is 1. The number of hydrogen-bond acceptors (Lipinski definition) is 5. The molecule has 0 saturated heterocycles. The van der Waals surface area contributed by atoms with Crippen LogP contribution in [-0.2, 0) is 4.79 Å². The molecule has 0 aliphatic carbocycles. The largest absolute Gasteiger partial charge is 0.497 e. The molecule has 122 valence electrons. The van der Waals surface area contributed by atoms with Crippen molar-refractivity contribution in [2.45, 2.75) is 5.25 Å². The molecule has 0 radical (unpaired) electrons. The summed E-state index contributed by atoms with van der Waals surface area (Å²) in [5, 5.41) is 8.75. The predicted octanol–water partition coefficient (Wildman–Crippen LogP) is 4.54. The number of rotatable bonds is 5. The van der Waals surface area contributed by atoms with Gasteiger partial charge in [-0.3, -0.25) is 4.79 Å². The lowest BCUT2D eigenvalue weighted by Crippen LogP contribution is -2.04. The highest BCUT2D eigenvalue weighted by atomic mass is 32.1. The standard InChI is InChI=1S/C18H15NO3S2/c1-22-13-9-7-12(8-10-13)16-14(11-5-3-2-4-6-11)19-17(24-16)15(23)18(20)21/h2-10,15,23H,1H3,(H,20,21). The summed E-state index contributed by atoms with van der Waals surface area (Å²) in [6.45, 7) is 0. The summed E-state index contributed by atoms with van der Waals surface area (Å²) in [6.07, 6.45) is 0. The van der Waals surface area contributed by atoms with Crippen molar-refractivity contribution in [3.63, 3.8) is 0 Å². The van der Waals surface area contributed by atoms with Gasteiger partial charge in [-0.05, 0) is 29.8 Å². The summed E-state index contributed by atoms with van der Waals surface area (Å²) < 4.78 is 5.19. The van der Waals surface area contributed by atoms with Crippen LogP contribution in [0.2, 0.25) is 0 Å². The minimum Gasteiger partial charge on any atom is -0.497 e. The van der Waals surface area contributed by atoms with Crippen molar-refractivity contribution in [1.29, 1.82) is 0 Å². The van der Waals surface area contributed by atoms with E-state index in [1.165, 1.54) is 11.3 Å². The molecule has 0 bridgehead atoms. The minimum absolute atomic E-state index is 0.468. The lowest BCUT2D eigenvalue weighted by atomic mass is 10.1. The van der Waals surface area contributed by atoms with Crippen LogP contribution in [0, 0.1) is 0 Å². The summed E-state index contributed by atoms with van der Waals surface area (Å²) in [4.78, 5) is 16.7. The van der Waals surface area contributed by atoms with Gasteiger partial charge in [-0.2, -0.15) is 12.6 Å². The van der Waals surface area contributed by atoms with Gasteiger partial charge in [0.05, 0.1) is 17.7 Å². The average Bonchev–Trinajstić information content (AvgIpc) is 3.07. The zero-order valence-corrected chi connectivity index (χ0v) is 14.6. The van der Waals surface area contributed by atoms with Crippen LogP contribution in [0.15, 0.2) is 54.6 Å². The number of methoxy groups -OCH3 is 1. The normalized spacial score (nSPS) is 11.9. The molecule has 3 aromatic rings. The van der Waals surface area contributed by atoms with Crippen LogP contribution < -0.4 is 4.74 Å². The number of carboxylic acid groups (broad SMARTS) is 1. The summed E-state index contributed by atoms with van der Waals surface area (Å²) in [5.41, 5.74) is 2.67. The van der Waals surface area contributed by atoms with Crippen molar-refractivity contribution in [2.24, 2.45) is 0 Å². The van der Waals surface area contributed by atoms with E-state index >= 15 is 0 Å². The monoisotopic (exact) mass is 357 g/mol. The van der Waals surface area contributed by atoms with Crippen molar-refractivity contribution in [2.75, 3.05) is 7.11 Å². The number of thiol groups is 1. The van der Waals surface area contributed by atoms with Gasteiger partial charge in [-0.1, -0.05) is 30.3 Å². The molecule has 2 aromatic carbocycles. The van der Waals surface area contributed by atoms with E-state index in [9.17, 15) is 9.90 Å². The van der Waals surface area contributed by atoms with Gasteiger partial charge < -0.3 is 9.84 Å². The third kappa shape index (κ3) is 3.29. The maximum Gasteiger partial charge on any atom is 0.323 e.